The number of carbonyl (C=O) groups excluding carboxylic acids is 1. The summed E-state index contributed by atoms with van der Waals surface area (Å²) in [4.78, 5) is 9.32. The number of halogens is 3. The average Bonchev–Trinajstić information content (AvgIpc) is 1.84. The Kier molecular flexibility index (Phi) is 3.23. The molecule has 2 unspecified atom stereocenters. The van der Waals surface area contributed by atoms with E-state index in [0.29, 0.717) is 0 Å². The minimum Gasteiger partial charge on any atom is -0.300 e. The minimum absolute atomic E-state index is 0.260. The first kappa shape index (κ1) is 7.46. The van der Waals surface area contributed by atoms with Gasteiger partial charge in [0.2, 0.25) is 0 Å². The normalized spacial score (nSPS) is 17.4. The van der Waals surface area contributed by atoms with Crippen LogP contribution in [0.5, 0.6) is 0 Å². The molecular weight excluding hydrogens is 121 g/mol. The van der Waals surface area contributed by atoms with Crippen molar-refractivity contribution in [3.8, 4) is 0 Å². The van der Waals surface area contributed by atoms with Gasteiger partial charge in [-0.2, -0.15) is 0 Å². The van der Waals surface area contributed by atoms with E-state index in [2.05, 4.69) is 0 Å². The standard InChI is InChI=1S/C4H5F3O/c5-1-3(6)4(7)2-8/h2-4H,1H2. The molecule has 1 nitrogen and oxygen atoms in total. The zero-order valence-corrected chi connectivity index (χ0v) is 3.98. The van der Waals surface area contributed by atoms with E-state index in [0.717, 1.165) is 0 Å². The van der Waals surface area contributed by atoms with Crippen LogP contribution in [-0.2, 0) is 4.79 Å². The predicted molar refractivity (Wildman–Crippen MR) is 21.8 cm³/mol. The summed E-state index contributed by atoms with van der Waals surface area (Å²) in [5.74, 6) is 0. The SMILES string of the molecule is O=CC(F)C(F)CF. The zero-order chi connectivity index (χ0) is 6.57. The molecule has 0 spiro atoms. The Hall–Kier alpha value is -0.540. The Labute approximate surface area is 44.5 Å². The minimum atomic E-state index is -2.31. The first-order valence-corrected chi connectivity index (χ1v) is 2.01. The Balaban J connectivity index is 3.44. The third kappa shape index (κ3) is 1.95. The summed E-state index contributed by atoms with van der Waals surface area (Å²) in [6, 6.07) is 0. The fraction of sp³-hybridized carbons (Fsp3) is 0.750. The molecule has 0 aromatic rings. The van der Waals surface area contributed by atoms with Gasteiger partial charge in [0.1, 0.15) is 6.67 Å². The Morgan fingerprint density at radius 2 is 2.00 bits per heavy atom. The van der Waals surface area contributed by atoms with Gasteiger partial charge in [0.25, 0.3) is 0 Å². The molecule has 48 valence electrons. The maximum Gasteiger partial charge on any atom is 0.189 e. The summed E-state index contributed by atoms with van der Waals surface area (Å²) in [7, 11) is 0. The Morgan fingerprint density at radius 3 is 2.12 bits per heavy atom. The molecule has 0 saturated carbocycles. The van der Waals surface area contributed by atoms with E-state index in [1.54, 1.807) is 0 Å². The van der Waals surface area contributed by atoms with E-state index in [4.69, 9.17) is 0 Å². The van der Waals surface area contributed by atoms with Gasteiger partial charge in [-0.05, 0) is 0 Å². The lowest BCUT2D eigenvalue weighted by molar-refractivity contribution is -0.114. The van der Waals surface area contributed by atoms with E-state index in [1.807, 2.05) is 0 Å². The predicted octanol–water partition coefficient (Wildman–Crippen LogP) is 0.831. The summed E-state index contributed by atoms with van der Waals surface area (Å²) in [5, 5.41) is 0. The van der Waals surface area contributed by atoms with Crippen LogP contribution >= 0.6 is 0 Å². The van der Waals surface area contributed by atoms with E-state index in [1.165, 1.54) is 0 Å². The molecule has 0 rings (SSSR count). The fourth-order valence-electron chi connectivity index (χ4n) is 0.170. The van der Waals surface area contributed by atoms with Crippen LogP contribution in [0.15, 0.2) is 0 Å². The van der Waals surface area contributed by atoms with Crippen molar-refractivity contribution in [3.05, 3.63) is 0 Å². The monoisotopic (exact) mass is 126 g/mol. The first-order valence-electron chi connectivity index (χ1n) is 2.01. The Morgan fingerprint density at radius 1 is 1.50 bits per heavy atom. The quantitative estimate of drug-likeness (QED) is 0.512. The van der Waals surface area contributed by atoms with Crippen molar-refractivity contribution in [1.82, 2.24) is 0 Å². The second-order valence-electron chi connectivity index (χ2n) is 1.25. The van der Waals surface area contributed by atoms with Crippen LogP contribution in [0, 0.1) is 0 Å². The summed E-state index contributed by atoms with van der Waals surface area (Å²) >= 11 is 0. The second-order valence-corrected chi connectivity index (χ2v) is 1.25. The molecule has 0 saturated heterocycles. The van der Waals surface area contributed by atoms with Crippen LogP contribution in [0.1, 0.15) is 0 Å². The molecule has 8 heavy (non-hydrogen) atoms. The molecule has 0 fully saturated rings. The van der Waals surface area contributed by atoms with E-state index in [9.17, 15) is 18.0 Å². The van der Waals surface area contributed by atoms with Crippen molar-refractivity contribution in [2.45, 2.75) is 12.3 Å². The highest BCUT2D eigenvalue weighted by Crippen LogP contribution is 2.00. The topological polar surface area (TPSA) is 17.1 Å². The number of rotatable bonds is 3. The van der Waals surface area contributed by atoms with Crippen LogP contribution in [0.3, 0.4) is 0 Å². The summed E-state index contributed by atoms with van der Waals surface area (Å²) in [6.45, 7) is -1.44. The molecule has 0 heterocycles. The molecule has 0 aromatic heterocycles. The largest absolute Gasteiger partial charge is 0.300 e. The van der Waals surface area contributed by atoms with Gasteiger partial charge < -0.3 is 0 Å². The van der Waals surface area contributed by atoms with Crippen molar-refractivity contribution < 1.29 is 18.0 Å². The first-order chi connectivity index (χ1) is 3.72. The molecule has 2 atom stereocenters. The van der Waals surface area contributed by atoms with Gasteiger partial charge in [-0.25, -0.2) is 13.2 Å². The highest BCUT2D eigenvalue weighted by Gasteiger charge is 2.18. The second kappa shape index (κ2) is 3.46. The van der Waals surface area contributed by atoms with Gasteiger partial charge in [-0.1, -0.05) is 0 Å². The number of hydrogen-bond acceptors (Lipinski definition) is 1. The third-order valence-corrected chi connectivity index (χ3v) is 0.623. The van der Waals surface area contributed by atoms with Crippen LogP contribution in [0.4, 0.5) is 13.2 Å². The molecular formula is C4H5F3O. The van der Waals surface area contributed by atoms with Crippen molar-refractivity contribution in [2.75, 3.05) is 6.67 Å². The van der Waals surface area contributed by atoms with Gasteiger partial charge in [0, 0.05) is 0 Å². The van der Waals surface area contributed by atoms with Crippen molar-refractivity contribution in [3.63, 3.8) is 0 Å². The molecule has 0 radical (unpaired) electrons. The van der Waals surface area contributed by atoms with E-state index >= 15 is 0 Å². The van der Waals surface area contributed by atoms with Crippen molar-refractivity contribution in [2.24, 2.45) is 0 Å². The summed E-state index contributed by atoms with van der Waals surface area (Å²) in [6.07, 6.45) is -4.85. The molecule has 0 bridgehead atoms. The van der Waals surface area contributed by atoms with Crippen molar-refractivity contribution in [1.29, 1.82) is 0 Å². The lowest BCUT2D eigenvalue weighted by Crippen LogP contribution is -2.20. The highest BCUT2D eigenvalue weighted by molar-refractivity contribution is 5.56. The van der Waals surface area contributed by atoms with Gasteiger partial charge in [0.15, 0.2) is 18.6 Å². The summed E-state index contributed by atoms with van der Waals surface area (Å²) < 4.78 is 34.1. The average molecular weight is 126 g/mol. The van der Waals surface area contributed by atoms with Crippen LogP contribution in [-0.4, -0.2) is 25.3 Å². The van der Waals surface area contributed by atoms with Crippen LogP contribution in [0.25, 0.3) is 0 Å². The van der Waals surface area contributed by atoms with Gasteiger partial charge in [0.05, 0.1) is 0 Å². The lowest BCUT2D eigenvalue weighted by Gasteiger charge is -1.99. The molecule has 0 N–H and O–H groups in total. The molecule has 4 heteroatoms. The van der Waals surface area contributed by atoms with Gasteiger partial charge in [-0.15, -0.1) is 0 Å². The molecule has 0 aliphatic rings. The molecule has 0 amide bonds. The van der Waals surface area contributed by atoms with Crippen LogP contribution < -0.4 is 0 Å². The smallest absolute Gasteiger partial charge is 0.189 e. The zero-order valence-electron chi connectivity index (χ0n) is 3.98. The fourth-order valence-corrected chi connectivity index (χ4v) is 0.170. The molecule has 0 aromatic carbocycles. The lowest BCUT2D eigenvalue weighted by atomic mass is 10.3. The molecule has 0 aliphatic carbocycles. The van der Waals surface area contributed by atoms with E-state index in [-0.39, 0.29) is 6.29 Å². The third-order valence-electron chi connectivity index (χ3n) is 0.623. The molecule has 0 aliphatic heterocycles. The number of alkyl halides is 3. The summed E-state index contributed by atoms with van der Waals surface area (Å²) in [5.41, 5.74) is 0. The maximum atomic E-state index is 11.5. The number of aldehydes is 1. The highest BCUT2D eigenvalue weighted by atomic mass is 19.2. The van der Waals surface area contributed by atoms with Gasteiger partial charge >= 0.3 is 0 Å². The maximum absolute atomic E-state index is 11.5. The van der Waals surface area contributed by atoms with E-state index < -0.39 is 19.0 Å². The number of carbonyl (C=O) groups is 1. The number of hydrogen-bond donors (Lipinski definition) is 0. The van der Waals surface area contributed by atoms with Gasteiger partial charge in [-0.3, -0.25) is 4.79 Å². The van der Waals surface area contributed by atoms with Crippen LogP contribution in [0.2, 0.25) is 0 Å². The van der Waals surface area contributed by atoms with Crippen molar-refractivity contribution >= 4 is 6.29 Å². The Bertz CT molecular complexity index is 75.7.